The first-order valence-corrected chi connectivity index (χ1v) is 3.37. The maximum atomic E-state index is 7.11. The second-order valence-corrected chi connectivity index (χ2v) is 2.31. The summed E-state index contributed by atoms with van der Waals surface area (Å²) >= 11 is 0. The van der Waals surface area contributed by atoms with Crippen molar-refractivity contribution in [3.63, 3.8) is 0 Å². The minimum Gasteiger partial charge on any atom is -0.384 e. The molecule has 0 amide bonds. The number of amidine groups is 1. The van der Waals surface area contributed by atoms with Crippen LogP contribution in [0, 0.1) is 5.41 Å². The number of rotatable bonds is 2. The Balaban J connectivity index is 0.00000121. The fourth-order valence-corrected chi connectivity index (χ4v) is 0.820. The number of benzene rings is 1. The second-order valence-electron chi connectivity index (χ2n) is 2.31. The van der Waals surface area contributed by atoms with Gasteiger partial charge < -0.3 is 11.5 Å². The lowest BCUT2D eigenvalue weighted by Crippen LogP contribution is -2.10. The molecule has 1 aromatic rings. The summed E-state index contributed by atoms with van der Waals surface area (Å²) in [5, 5.41) is 7.11. The molecule has 0 aromatic heterocycles. The second kappa shape index (κ2) is 4.74. The largest absolute Gasteiger partial charge is 0.384 e. The van der Waals surface area contributed by atoms with Gasteiger partial charge in [-0.1, -0.05) is 24.3 Å². The van der Waals surface area contributed by atoms with E-state index in [1.807, 2.05) is 12.1 Å². The van der Waals surface area contributed by atoms with Crippen molar-refractivity contribution in [2.45, 2.75) is 6.54 Å². The predicted molar refractivity (Wildman–Crippen MR) is 52.6 cm³/mol. The minimum atomic E-state index is 0. The molecule has 1 rings (SSSR count). The van der Waals surface area contributed by atoms with E-state index in [1.165, 1.54) is 0 Å². The number of nitrogen functional groups attached to an aromatic ring is 1. The summed E-state index contributed by atoms with van der Waals surface area (Å²) in [7, 11) is 0. The van der Waals surface area contributed by atoms with Crippen molar-refractivity contribution in [2.75, 3.05) is 0 Å². The van der Waals surface area contributed by atoms with Gasteiger partial charge in [0.15, 0.2) is 0 Å². The van der Waals surface area contributed by atoms with Gasteiger partial charge in [0.05, 0.1) is 0 Å². The summed E-state index contributed by atoms with van der Waals surface area (Å²) < 4.78 is 0. The van der Waals surface area contributed by atoms with Crippen LogP contribution >= 0.6 is 12.4 Å². The van der Waals surface area contributed by atoms with Crippen LogP contribution in [0.1, 0.15) is 11.1 Å². The molecule has 4 heteroatoms. The van der Waals surface area contributed by atoms with Crippen molar-refractivity contribution in [3.05, 3.63) is 35.4 Å². The van der Waals surface area contributed by atoms with Crippen LogP contribution in [0.2, 0.25) is 0 Å². The van der Waals surface area contributed by atoms with Gasteiger partial charge in [-0.05, 0) is 5.56 Å². The van der Waals surface area contributed by atoms with Crippen molar-refractivity contribution in [1.29, 1.82) is 5.41 Å². The first-order chi connectivity index (χ1) is 5.24. The third-order valence-electron chi connectivity index (χ3n) is 1.50. The van der Waals surface area contributed by atoms with Crippen LogP contribution in [0.15, 0.2) is 24.3 Å². The molecule has 3 nitrogen and oxygen atoms in total. The number of halogens is 1. The van der Waals surface area contributed by atoms with Gasteiger partial charge in [-0.3, -0.25) is 5.41 Å². The molecule has 0 saturated carbocycles. The summed E-state index contributed by atoms with van der Waals surface area (Å²) in [4.78, 5) is 0. The Hall–Kier alpha value is -1.06. The van der Waals surface area contributed by atoms with Gasteiger partial charge in [0, 0.05) is 12.1 Å². The summed E-state index contributed by atoms with van der Waals surface area (Å²) in [6.07, 6.45) is 0. The summed E-state index contributed by atoms with van der Waals surface area (Å²) in [6, 6.07) is 7.34. The molecule has 12 heavy (non-hydrogen) atoms. The van der Waals surface area contributed by atoms with Crippen molar-refractivity contribution in [3.8, 4) is 0 Å². The fraction of sp³-hybridized carbons (Fsp3) is 0.125. The molecule has 66 valence electrons. The number of nitrogens with two attached hydrogens (primary N) is 2. The molecule has 0 radical (unpaired) electrons. The maximum absolute atomic E-state index is 7.11. The van der Waals surface area contributed by atoms with Crippen LogP contribution in [-0.4, -0.2) is 5.84 Å². The van der Waals surface area contributed by atoms with Crippen molar-refractivity contribution in [2.24, 2.45) is 11.5 Å². The van der Waals surface area contributed by atoms with Gasteiger partial charge >= 0.3 is 0 Å². The first-order valence-electron chi connectivity index (χ1n) is 3.37. The topological polar surface area (TPSA) is 75.9 Å². The van der Waals surface area contributed by atoms with Crippen LogP contribution < -0.4 is 11.5 Å². The Labute approximate surface area is 77.7 Å². The molecular formula is C8H12ClN3. The van der Waals surface area contributed by atoms with Gasteiger partial charge in [-0.25, -0.2) is 0 Å². The highest BCUT2D eigenvalue weighted by Gasteiger charge is 1.94. The SMILES string of the molecule is Cl.N=C(N)c1ccc(CN)cc1. The van der Waals surface area contributed by atoms with Gasteiger partial charge in [0.1, 0.15) is 5.84 Å². The van der Waals surface area contributed by atoms with Crippen molar-refractivity contribution < 1.29 is 0 Å². The van der Waals surface area contributed by atoms with Gasteiger partial charge in [0.2, 0.25) is 0 Å². The highest BCUT2D eigenvalue weighted by atomic mass is 35.5. The molecule has 0 fully saturated rings. The van der Waals surface area contributed by atoms with E-state index in [2.05, 4.69) is 0 Å². The maximum Gasteiger partial charge on any atom is 0.122 e. The number of nitrogens with one attached hydrogen (secondary N) is 1. The van der Waals surface area contributed by atoms with Crippen LogP contribution in [0.4, 0.5) is 0 Å². The smallest absolute Gasteiger partial charge is 0.122 e. The van der Waals surface area contributed by atoms with Crippen LogP contribution in [0.5, 0.6) is 0 Å². The molecule has 1 aromatic carbocycles. The molecule has 0 atom stereocenters. The van der Waals surface area contributed by atoms with E-state index < -0.39 is 0 Å². The van der Waals surface area contributed by atoms with Crippen LogP contribution in [0.25, 0.3) is 0 Å². The monoisotopic (exact) mass is 185 g/mol. The van der Waals surface area contributed by atoms with Gasteiger partial charge in [-0.15, -0.1) is 12.4 Å². The quantitative estimate of drug-likeness (QED) is 0.472. The molecule has 0 unspecified atom stereocenters. The molecule has 0 saturated heterocycles. The lowest BCUT2D eigenvalue weighted by Gasteiger charge is -1.98. The van der Waals surface area contributed by atoms with E-state index in [0.717, 1.165) is 11.1 Å². The van der Waals surface area contributed by atoms with E-state index in [4.69, 9.17) is 16.9 Å². The van der Waals surface area contributed by atoms with E-state index in [1.54, 1.807) is 12.1 Å². The van der Waals surface area contributed by atoms with E-state index in [0.29, 0.717) is 6.54 Å². The molecule has 0 spiro atoms. The highest BCUT2D eigenvalue weighted by molar-refractivity contribution is 5.94. The normalized spacial score (nSPS) is 8.75. The first kappa shape index (κ1) is 10.9. The zero-order valence-corrected chi connectivity index (χ0v) is 7.40. The van der Waals surface area contributed by atoms with E-state index >= 15 is 0 Å². The molecule has 0 heterocycles. The Bertz CT molecular complexity index is 256. The Morgan fingerprint density at radius 2 is 1.75 bits per heavy atom. The van der Waals surface area contributed by atoms with E-state index in [-0.39, 0.29) is 18.2 Å². The fourth-order valence-electron chi connectivity index (χ4n) is 0.820. The third-order valence-corrected chi connectivity index (χ3v) is 1.50. The highest BCUT2D eigenvalue weighted by Crippen LogP contribution is 2.01. The van der Waals surface area contributed by atoms with Gasteiger partial charge in [0.25, 0.3) is 0 Å². The van der Waals surface area contributed by atoms with E-state index in [9.17, 15) is 0 Å². The average Bonchev–Trinajstić information content (AvgIpc) is 2.05. The van der Waals surface area contributed by atoms with Crippen molar-refractivity contribution in [1.82, 2.24) is 0 Å². The third kappa shape index (κ3) is 2.53. The summed E-state index contributed by atoms with van der Waals surface area (Å²) in [5.41, 5.74) is 12.4. The molecule has 5 N–H and O–H groups in total. The summed E-state index contributed by atoms with van der Waals surface area (Å²) in [5.74, 6) is 0.0913. The Morgan fingerprint density at radius 3 is 2.08 bits per heavy atom. The average molecular weight is 186 g/mol. The predicted octanol–water partition coefficient (Wildman–Crippen LogP) is 0.851. The molecule has 0 aliphatic rings. The summed E-state index contributed by atoms with van der Waals surface area (Å²) in [6.45, 7) is 0.526. The van der Waals surface area contributed by atoms with Crippen molar-refractivity contribution >= 4 is 18.2 Å². The lowest BCUT2D eigenvalue weighted by atomic mass is 10.1. The standard InChI is InChI=1S/C8H11N3.ClH/c9-5-6-1-3-7(4-2-6)8(10)11;/h1-4H,5,9H2,(H3,10,11);1H. The molecule has 0 aliphatic heterocycles. The van der Waals surface area contributed by atoms with Crippen LogP contribution in [0.3, 0.4) is 0 Å². The zero-order valence-electron chi connectivity index (χ0n) is 6.58. The Kier molecular flexibility index (Phi) is 4.33. The minimum absolute atomic E-state index is 0. The van der Waals surface area contributed by atoms with Gasteiger partial charge in [-0.2, -0.15) is 0 Å². The molecular weight excluding hydrogens is 174 g/mol. The number of hydrogen-bond acceptors (Lipinski definition) is 2. The molecule has 0 bridgehead atoms. The van der Waals surface area contributed by atoms with Crippen LogP contribution in [-0.2, 0) is 6.54 Å². The Morgan fingerprint density at radius 1 is 1.25 bits per heavy atom. The zero-order chi connectivity index (χ0) is 8.27. The molecule has 0 aliphatic carbocycles. The number of hydrogen-bond donors (Lipinski definition) is 3. The lowest BCUT2D eigenvalue weighted by molar-refractivity contribution is 1.07.